The van der Waals surface area contributed by atoms with E-state index in [4.69, 9.17) is 10.5 Å². The van der Waals surface area contributed by atoms with Crippen LogP contribution in [-0.2, 0) is 4.79 Å². The Kier molecular flexibility index (Phi) is 7.63. The van der Waals surface area contributed by atoms with Gasteiger partial charge in [-0.15, -0.1) is 0 Å². The van der Waals surface area contributed by atoms with Crippen molar-refractivity contribution in [2.24, 2.45) is 5.73 Å². The molecule has 2 atom stereocenters. The van der Waals surface area contributed by atoms with Crippen molar-refractivity contribution >= 4 is 11.9 Å². The molecule has 27 heavy (non-hydrogen) atoms. The van der Waals surface area contributed by atoms with Gasteiger partial charge >= 0.3 is 6.03 Å². The largest absolute Gasteiger partial charge is 0.457 e. The first-order valence-electron chi connectivity index (χ1n) is 8.80. The molecule has 2 rings (SSSR count). The lowest BCUT2D eigenvalue weighted by atomic mass is 10.0. The van der Waals surface area contributed by atoms with Gasteiger partial charge in [-0.2, -0.15) is 0 Å². The molecule has 0 bridgehead atoms. The third-order valence-electron chi connectivity index (χ3n) is 4.04. The lowest BCUT2D eigenvalue weighted by Crippen LogP contribution is -2.40. The first-order valence-corrected chi connectivity index (χ1v) is 8.80. The average Bonchev–Trinajstić information content (AvgIpc) is 2.66. The van der Waals surface area contributed by atoms with Crippen LogP contribution in [0.5, 0.6) is 11.5 Å². The number of urea groups is 1. The number of hydrogen-bond donors (Lipinski definition) is 4. The zero-order chi connectivity index (χ0) is 19.6. The molecule has 0 radical (unpaired) electrons. The average molecular weight is 370 g/mol. The molecule has 7 heteroatoms. The third kappa shape index (κ3) is 6.99. The summed E-state index contributed by atoms with van der Waals surface area (Å²) in [5, 5.41) is 8.51. The van der Waals surface area contributed by atoms with E-state index >= 15 is 0 Å². The van der Waals surface area contributed by atoms with E-state index in [0.29, 0.717) is 18.0 Å². The zero-order valence-electron chi connectivity index (χ0n) is 15.6. The van der Waals surface area contributed by atoms with Gasteiger partial charge in [0.15, 0.2) is 0 Å². The minimum atomic E-state index is -0.689. The molecule has 144 valence electrons. The summed E-state index contributed by atoms with van der Waals surface area (Å²) < 4.78 is 5.82. The molecule has 7 nitrogen and oxygen atoms in total. The van der Waals surface area contributed by atoms with Crippen molar-refractivity contribution < 1.29 is 14.3 Å². The fraction of sp³-hybridized carbons (Fsp3) is 0.300. The van der Waals surface area contributed by atoms with Crippen molar-refractivity contribution in [1.82, 2.24) is 16.0 Å². The Morgan fingerprint density at radius 1 is 1.07 bits per heavy atom. The van der Waals surface area contributed by atoms with Crippen LogP contribution in [0.15, 0.2) is 54.6 Å². The van der Waals surface area contributed by atoms with Gasteiger partial charge in [-0.05, 0) is 43.8 Å². The summed E-state index contributed by atoms with van der Waals surface area (Å²) in [5.41, 5.74) is 6.02. The smallest absolute Gasteiger partial charge is 0.312 e. The van der Waals surface area contributed by atoms with Crippen LogP contribution in [0.4, 0.5) is 4.79 Å². The highest BCUT2D eigenvalue weighted by Crippen LogP contribution is 2.25. The summed E-state index contributed by atoms with van der Waals surface area (Å²) in [7, 11) is 1.83. The van der Waals surface area contributed by atoms with Gasteiger partial charge < -0.3 is 26.4 Å². The van der Waals surface area contributed by atoms with Crippen LogP contribution in [0.2, 0.25) is 0 Å². The quantitative estimate of drug-likeness (QED) is 0.543. The number of para-hydroxylation sites is 1. The number of primary amides is 1. The minimum Gasteiger partial charge on any atom is -0.457 e. The summed E-state index contributed by atoms with van der Waals surface area (Å²) in [6.45, 7) is 2.46. The van der Waals surface area contributed by atoms with Crippen molar-refractivity contribution in [3.63, 3.8) is 0 Å². The standard InChI is InChI=1S/C20H26N4O3/c1-14(22-2)13-23-19(25)12-18(24-20(21)26)15-7-6-10-17(11-15)27-16-8-4-3-5-9-16/h3-11,14,18,22H,12-13H2,1-2H3,(H,23,25)(H3,21,24,26). The first-order chi connectivity index (χ1) is 13.0. The monoisotopic (exact) mass is 370 g/mol. The molecule has 5 N–H and O–H groups in total. The Hall–Kier alpha value is -3.06. The van der Waals surface area contributed by atoms with Crippen LogP contribution < -0.4 is 26.4 Å². The van der Waals surface area contributed by atoms with Gasteiger partial charge in [0, 0.05) is 12.6 Å². The highest BCUT2D eigenvalue weighted by Gasteiger charge is 2.18. The van der Waals surface area contributed by atoms with Gasteiger partial charge in [-0.25, -0.2) is 4.79 Å². The van der Waals surface area contributed by atoms with E-state index in [9.17, 15) is 9.59 Å². The molecule has 0 aliphatic heterocycles. The number of benzene rings is 2. The van der Waals surface area contributed by atoms with Crippen molar-refractivity contribution in [2.75, 3.05) is 13.6 Å². The number of ether oxygens (including phenoxy) is 1. The van der Waals surface area contributed by atoms with Crippen LogP contribution in [-0.4, -0.2) is 31.6 Å². The molecule has 0 aromatic heterocycles. The predicted octanol–water partition coefficient (Wildman–Crippen LogP) is 2.30. The molecule has 0 fully saturated rings. The maximum atomic E-state index is 12.2. The molecule has 0 saturated carbocycles. The Labute approximate surface area is 159 Å². The first kappa shape index (κ1) is 20.3. The summed E-state index contributed by atoms with van der Waals surface area (Å²) in [5.74, 6) is 1.14. The number of hydrogen-bond acceptors (Lipinski definition) is 4. The van der Waals surface area contributed by atoms with Gasteiger partial charge in [-0.1, -0.05) is 30.3 Å². The molecule has 0 aliphatic rings. The molecule has 3 amide bonds. The van der Waals surface area contributed by atoms with Crippen molar-refractivity contribution in [2.45, 2.75) is 25.4 Å². The molecular weight excluding hydrogens is 344 g/mol. The second-order valence-electron chi connectivity index (χ2n) is 6.25. The Bertz CT molecular complexity index is 752. The lowest BCUT2D eigenvalue weighted by molar-refractivity contribution is -0.121. The maximum Gasteiger partial charge on any atom is 0.312 e. The second-order valence-corrected chi connectivity index (χ2v) is 6.25. The minimum absolute atomic E-state index is 0.0775. The number of amides is 3. The van der Waals surface area contributed by atoms with Crippen molar-refractivity contribution in [1.29, 1.82) is 0 Å². The normalized spacial score (nSPS) is 12.7. The SMILES string of the molecule is CNC(C)CNC(=O)CC(NC(N)=O)c1cccc(Oc2ccccc2)c1. The van der Waals surface area contributed by atoms with E-state index in [2.05, 4.69) is 16.0 Å². The highest BCUT2D eigenvalue weighted by molar-refractivity contribution is 5.78. The number of nitrogens with two attached hydrogens (primary N) is 1. The van der Waals surface area contributed by atoms with Crippen LogP contribution in [0.25, 0.3) is 0 Å². The zero-order valence-corrected chi connectivity index (χ0v) is 15.6. The van der Waals surface area contributed by atoms with Crippen LogP contribution in [0, 0.1) is 0 Å². The van der Waals surface area contributed by atoms with Gasteiger partial charge in [0.1, 0.15) is 11.5 Å². The van der Waals surface area contributed by atoms with Gasteiger partial charge in [0.25, 0.3) is 0 Å². The number of carbonyl (C=O) groups is 2. The van der Waals surface area contributed by atoms with E-state index in [1.165, 1.54) is 0 Å². The Morgan fingerprint density at radius 2 is 1.78 bits per heavy atom. The third-order valence-corrected chi connectivity index (χ3v) is 4.04. The number of rotatable bonds is 9. The van der Waals surface area contributed by atoms with E-state index in [1.54, 1.807) is 6.07 Å². The summed E-state index contributed by atoms with van der Waals surface area (Å²) in [4.78, 5) is 23.6. The summed E-state index contributed by atoms with van der Waals surface area (Å²) in [6.07, 6.45) is 0.0775. The molecular formula is C20H26N4O3. The predicted molar refractivity (Wildman–Crippen MR) is 105 cm³/mol. The molecule has 2 unspecified atom stereocenters. The number of nitrogens with one attached hydrogen (secondary N) is 3. The highest BCUT2D eigenvalue weighted by atomic mass is 16.5. The van der Waals surface area contributed by atoms with E-state index in [1.807, 2.05) is 62.5 Å². The molecule has 0 aliphatic carbocycles. The summed E-state index contributed by atoms with van der Waals surface area (Å²) >= 11 is 0. The Morgan fingerprint density at radius 3 is 2.44 bits per heavy atom. The van der Waals surface area contributed by atoms with Crippen molar-refractivity contribution in [3.05, 3.63) is 60.2 Å². The van der Waals surface area contributed by atoms with Gasteiger partial charge in [0.2, 0.25) is 5.91 Å². The fourth-order valence-electron chi connectivity index (χ4n) is 2.47. The molecule has 2 aromatic rings. The molecule has 2 aromatic carbocycles. The molecule has 0 saturated heterocycles. The molecule has 0 heterocycles. The van der Waals surface area contributed by atoms with Crippen LogP contribution >= 0.6 is 0 Å². The number of likely N-dealkylation sites (N-methyl/N-ethyl adjacent to an activating group) is 1. The summed E-state index contributed by atoms with van der Waals surface area (Å²) in [6, 6.07) is 15.5. The second kappa shape index (κ2) is 10.2. The lowest BCUT2D eigenvalue weighted by Gasteiger charge is -2.19. The van der Waals surface area contributed by atoms with Gasteiger partial charge in [0.05, 0.1) is 12.5 Å². The van der Waals surface area contributed by atoms with Gasteiger partial charge in [-0.3, -0.25) is 4.79 Å². The Balaban J connectivity index is 2.10. The van der Waals surface area contributed by atoms with Crippen LogP contribution in [0.1, 0.15) is 24.9 Å². The molecule has 0 spiro atoms. The topological polar surface area (TPSA) is 105 Å². The maximum absolute atomic E-state index is 12.2. The van der Waals surface area contributed by atoms with E-state index in [0.717, 1.165) is 5.56 Å². The fourth-order valence-corrected chi connectivity index (χ4v) is 2.47. The van der Waals surface area contributed by atoms with Crippen molar-refractivity contribution in [3.8, 4) is 11.5 Å². The number of carbonyl (C=O) groups excluding carboxylic acids is 2. The van der Waals surface area contributed by atoms with E-state index < -0.39 is 12.1 Å². The van der Waals surface area contributed by atoms with E-state index in [-0.39, 0.29) is 18.4 Å². The van der Waals surface area contributed by atoms with Crippen LogP contribution in [0.3, 0.4) is 0 Å².